The summed E-state index contributed by atoms with van der Waals surface area (Å²) in [5.74, 6) is 0. The molecule has 0 radical (unpaired) electrons. The van der Waals surface area contributed by atoms with Crippen molar-refractivity contribution in [3.05, 3.63) is 23.3 Å². The van der Waals surface area contributed by atoms with Crippen molar-refractivity contribution in [3.63, 3.8) is 0 Å². The second kappa shape index (κ2) is 8.26. The van der Waals surface area contributed by atoms with Crippen LogP contribution in [-0.2, 0) is 0 Å². The predicted molar refractivity (Wildman–Crippen MR) is 63.3 cm³/mol. The molecule has 0 spiro atoms. The maximum Gasteiger partial charge on any atom is 0.107 e. The molecule has 0 rings (SSSR count). The van der Waals surface area contributed by atoms with E-state index in [2.05, 4.69) is 19.9 Å². The zero-order valence-corrected chi connectivity index (χ0v) is 9.95. The van der Waals surface area contributed by atoms with Crippen LogP contribution in [0.25, 0.3) is 0 Å². The molecule has 2 nitrogen and oxygen atoms in total. The molecule has 15 heavy (non-hydrogen) atoms. The first-order valence-electron chi connectivity index (χ1n) is 5.64. The molecule has 0 aliphatic carbocycles. The van der Waals surface area contributed by atoms with Gasteiger partial charge < -0.3 is 5.11 Å². The lowest BCUT2D eigenvalue weighted by Crippen LogP contribution is -2.08. The molecule has 0 saturated carbocycles. The van der Waals surface area contributed by atoms with Gasteiger partial charge in [-0.25, -0.2) is 0 Å². The Morgan fingerprint density at radius 3 is 2.20 bits per heavy atom. The molecule has 1 N–H and O–H groups in total. The third-order valence-corrected chi connectivity index (χ3v) is 2.28. The summed E-state index contributed by atoms with van der Waals surface area (Å²) in [5.41, 5.74) is 1.64. The summed E-state index contributed by atoms with van der Waals surface area (Å²) in [5, 5.41) is 18.8. The van der Waals surface area contributed by atoms with Crippen molar-refractivity contribution < 1.29 is 5.11 Å². The van der Waals surface area contributed by atoms with Gasteiger partial charge in [0.1, 0.15) is 6.10 Å². The van der Waals surface area contributed by atoms with Crippen LogP contribution in [0.3, 0.4) is 0 Å². The molecule has 0 amide bonds. The van der Waals surface area contributed by atoms with Crippen LogP contribution in [0, 0.1) is 11.3 Å². The molecular formula is C13H21NO. The molecule has 0 fully saturated rings. The van der Waals surface area contributed by atoms with Gasteiger partial charge in [0.2, 0.25) is 0 Å². The highest BCUT2D eigenvalue weighted by Gasteiger charge is 2.12. The van der Waals surface area contributed by atoms with E-state index in [0.29, 0.717) is 5.57 Å². The first-order valence-corrected chi connectivity index (χ1v) is 5.64. The number of hydrogen-bond acceptors (Lipinski definition) is 2. The average molecular weight is 207 g/mol. The quantitative estimate of drug-likeness (QED) is 0.536. The van der Waals surface area contributed by atoms with Crippen molar-refractivity contribution in [1.29, 1.82) is 5.26 Å². The summed E-state index contributed by atoms with van der Waals surface area (Å²) in [6.07, 6.45) is 6.55. The SMILES string of the molecule is C/C=C/C(O)C(C#N)=C(CCC)CCC. The topological polar surface area (TPSA) is 44.0 Å². The van der Waals surface area contributed by atoms with E-state index in [9.17, 15) is 5.11 Å². The lowest BCUT2D eigenvalue weighted by Gasteiger charge is -2.11. The Kier molecular flexibility index (Phi) is 7.67. The highest BCUT2D eigenvalue weighted by molar-refractivity contribution is 5.34. The summed E-state index contributed by atoms with van der Waals surface area (Å²) in [7, 11) is 0. The summed E-state index contributed by atoms with van der Waals surface area (Å²) in [4.78, 5) is 0. The van der Waals surface area contributed by atoms with Crippen LogP contribution >= 0.6 is 0 Å². The van der Waals surface area contributed by atoms with Gasteiger partial charge in [-0.3, -0.25) is 0 Å². The average Bonchev–Trinajstić information content (AvgIpc) is 2.20. The molecule has 0 aromatic carbocycles. The van der Waals surface area contributed by atoms with E-state index in [1.807, 2.05) is 6.92 Å². The largest absolute Gasteiger partial charge is 0.384 e. The van der Waals surface area contributed by atoms with E-state index < -0.39 is 6.10 Å². The summed E-state index contributed by atoms with van der Waals surface area (Å²) >= 11 is 0. The molecule has 0 aromatic rings. The van der Waals surface area contributed by atoms with Gasteiger partial charge in [-0.2, -0.15) is 5.26 Å². The number of nitriles is 1. The maximum atomic E-state index is 9.77. The third kappa shape index (κ3) is 4.80. The smallest absolute Gasteiger partial charge is 0.107 e. The van der Waals surface area contributed by atoms with Crippen LogP contribution in [0.4, 0.5) is 0 Å². The Labute approximate surface area is 92.9 Å². The number of aliphatic hydroxyl groups is 1. The molecule has 0 saturated heterocycles. The van der Waals surface area contributed by atoms with Crippen LogP contribution in [0.5, 0.6) is 0 Å². The standard InChI is InChI=1S/C13H21NO/c1-4-7-11(8-5-2)12(10-14)13(15)9-6-3/h6,9,13,15H,4-5,7-8H2,1-3H3/b9-6+. The number of rotatable bonds is 6. The summed E-state index contributed by atoms with van der Waals surface area (Å²) in [6, 6.07) is 2.13. The summed E-state index contributed by atoms with van der Waals surface area (Å²) < 4.78 is 0. The van der Waals surface area contributed by atoms with Gasteiger partial charge >= 0.3 is 0 Å². The Morgan fingerprint density at radius 1 is 1.33 bits per heavy atom. The van der Waals surface area contributed by atoms with Crippen molar-refractivity contribution in [2.75, 3.05) is 0 Å². The minimum atomic E-state index is -0.729. The van der Waals surface area contributed by atoms with Crippen molar-refractivity contribution in [2.45, 2.75) is 52.6 Å². The third-order valence-electron chi connectivity index (χ3n) is 2.28. The Balaban J connectivity index is 4.94. The number of nitrogens with zero attached hydrogens (tertiary/aromatic N) is 1. The number of hydrogen-bond donors (Lipinski definition) is 1. The van der Waals surface area contributed by atoms with Gasteiger partial charge in [0.15, 0.2) is 0 Å². The number of aliphatic hydroxyl groups excluding tert-OH is 1. The first-order chi connectivity index (χ1) is 7.21. The number of allylic oxidation sites excluding steroid dienone is 2. The zero-order valence-electron chi connectivity index (χ0n) is 9.95. The van der Waals surface area contributed by atoms with Gasteiger partial charge in [-0.1, -0.05) is 44.4 Å². The first kappa shape index (κ1) is 13.9. The molecule has 2 heteroatoms. The van der Waals surface area contributed by atoms with Crippen molar-refractivity contribution >= 4 is 0 Å². The molecular weight excluding hydrogens is 186 g/mol. The van der Waals surface area contributed by atoms with Gasteiger partial charge in [-0.15, -0.1) is 0 Å². The molecule has 0 bridgehead atoms. The minimum Gasteiger partial charge on any atom is -0.384 e. The van der Waals surface area contributed by atoms with Gasteiger partial charge in [0, 0.05) is 0 Å². The normalized spacial score (nSPS) is 12.5. The second-order valence-electron chi connectivity index (χ2n) is 3.60. The second-order valence-corrected chi connectivity index (χ2v) is 3.60. The highest BCUT2D eigenvalue weighted by atomic mass is 16.3. The molecule has 0 aliphatic heterocycles. The monoisotopic (exact) mass is 207 g/mol. The fourth-order valence-corrected chi connectivity index (χ4v) is 1.63. The molecule has 0 aromatic heterocycles. The van der Waals surface area contributed by atoms with E-state index in [0.717, 1.165) is 31.3 Å². The van der Waals surface area contributed by atoms with Gasteiger partial charge in [-0.05, 0) is 19.8 Å². The van der Waals surface area contributed by atoms with Crippen LogP contribution in [0.1, 0.15) is 46.5 Å². The van der Waals surface area contributed by atoms with Crippen LogP contribution in [0.15, 0.2) is 23.3 Å². The van der Waals surface area contributed by atoms with Crippen molar-refractivity contribution in [2.24, 2.45) is 0 Å². The zero-order chi connectivity index (χ0) is 11.7. The predicted octanol–water partition coefficient (Wildman–Crippen LogP) is 3.34. The summed E-state index contributed by atoms with van der Waals surface area (Å²) in [6.45, 7) is 6.02. The molecule has 0 heterocycles. The fraction of sp³-hybridized carbons (Fsp3) is 0.615. The lowest BCUT2D eigenvalue weighted by molar-refractivity contribution is 0.261. The Bertz CT molecular complexity index is 263. The van der Waals surface area contributed by atoms with E-state index in [4.69, 9.17) is 5.26 Å². The van der Waals surface area contributed by atoms with Crippen LogP contribution < -0.4 is 0 Å². The van der Waals surface area contributed by atoms with Crippen LogP contribution in [-0.4, -0.2) is 11.2 Å². The van der Waals surface area contributed by atoms with Crippen molar-refractivity contribution in [3.8, 4) is 6.07 Å². The van der Waals surface area contributed by atoms with Crippen LogP contribution in [0.2, 0.25) is 0 Å². The van der Waals surface area contributed by atoms with Gasteiger partial charge in [0.25, 0.3) is 0 Å². The van der Waals surface area contributed by atoms with E-state index in [-0.39, 0.29) is 0 Å². The van der Waals surface area contributed by atoms with Gasteiger partial charge in [0.05, 0.1) is 11.6 Å². The van der Waals surface area contributed by atoms with E-state index in [1.165, 1.54) is 0 Å². The fourth-order valence-electron chi connectivity index (χ4n) is 1.63. The highest BCUT2D eigenvalue weighted by Crippen LogP contribution is 2.20. The maximum absolute atomic E-state index is 9.77. The minimum absolute atomic E-state index is 0.539. The molecule has 1 unspecified atom stereocenters. The molecule has 1 atom stereocenters. The molecule has 0 aliphatic rings. The molecule has 84 valence electrons. The van der Waals surface area contributed by atoms with E-state index >= 15 is 0 Å². The van der Waals surface area contributed by atoms with E-state index in [1.54, 1.807) is 12.2 Å². The Morgan fingerprint density at radius 2 is 1.87 bits per heavy atom. The van der Waals surface area contributed by atoms with Crippen molar-refractivity contribution in [1.82, 2.24) is 0 Å². The Hall–Kier alpha value is -1.07. The lowest BCUT2D eigenvalue weighted by atomic mass is 9.96.